The van der Waals surface area contributed by atoms with E-state index in [4.69, 9.17) is 0 Å². The summed E-state index contributed by atoms with van der Waals surface area (Å²) in [6.45, 7) is -0.148. The van der Waals surface area contributed by atoms with Gasteiger partial charge < -0.3 is 9.88 Å². The third-order valence-electron chi connectivity index (χ3n) is 3.83. The zero-order valence-electron chi connectivity index (χ0n) is 12.8. The molecule has 7 nitrogen and oxygen atoms in total. The number of hydrogen-bond donors (Lipinski definition) is 3. The van der Waals surface area contributed by atoms with E-state index in [9.17, 15) is 14.4 Å². The first-order valence-electron chi connectivity index (χ1n) is 7.47. The number of hydrazine groups is 1. The highest BCUT2D eigenvalue weighted by atomic mass is 16.2. The number of carbonyl (C=O) groups is 3. The van der Waals surface area contributed by atoms with Crippen LogP contribution < -0.4 is 16.2 Å². The van der Waals surface area contributed by atoms with Gasteiger partial charge in [0.25, 0.3) is 11.8 Å². The number of nitrogens with one attached hydrogen (secondary N) is 3. The minimum absolute atomic E-state index is 0.0491. The van der Waals surface area contributed by atoms with Crippen molar-refractivity contribution in [3.05, 3.63) is 36.0 Å². The number of rotatable bonds is 4. The van der Waals surface area contributed by atoms with Crippen LogP contribution in [0.3, 0.4) is 0 Å². The van der Waals surface area contributed by atoms with Gasteiger partial charge in [0.2, 0.25) is 5.91 Å². The zero-order valence-corrected chi connectivity index (χ0v) is 12.8. The number of aromatic nitrogens is 1. The molecule has 1 heterocycles. The van der Waals surface area contributed by atoms with Crippen molar-refractivity contribution in [2.75, 3.05) is 6.54 Å². The molecule has 0 radical (unpaired) electrons. The van der Waals surface area contributed by atoms with Crippen molar-refractivity contribution in [3.63, 3.8) is 0 Å². The van der Waals surface area contributed by atoms with E-state index in [1.807, 2.05) is 35.9 Å². The normalized spacial score (nSPS) is 13.6. The first kappa shape index (κ1) is 15.1. The summed E-state index contributed by atoms with van der Waals surface area (Å²) in [4.78, 5) is 35.3. The van der Waals surface area contributed by atoms with Crippen molar-refractivity contribution in [3.8, 4) is 0 Å². The third kappa shape index (κ3) is 3.33. The maximum atomic E-state index is 12.2. The fraction of sp³-hybridized carbons (Fsp3) is 0.312. The van der Waals surface area contributed by atoms with Gasteiger partial charge in [0.15, 0.2) is 0 Å². The lowest BCUT2D eigenvalue weighted by molar-refractivity contribution is -0.127. The third-order valence-corrected chi connectivity index (χ3v) is 3.83. The molecular weight excluding hydrogens is 296 g/mol. The van der Waals surface area contributed by atoms with Gasteiger partial charge in [0.05, 0.1) is 12.1 Å². The molecule has 0 spiro atoms. The van der Waals surface area contributed by atoms with E-state index in [1.165, 1.54) is 0 Å². The van der Waals surface area contributed by atoms with Crippen LogP contribution in [0.15, 0.2) is 30.5 Å². The summed E-state index contributed by atoms with van der Waals surface area (Å²) in [5.74, 6) is -0.926. The van der Waals surface area contributed by atoms with E-state index in [0.717, 1.165) is 23.7 Å². The summed E-state index contributed by atoms with van der Waals surface area (Å²) in [6, 6.07) is 7.51. The van der Waals surface area contributed by atoms with Gasteiger partial charge in [0, 0.05) is 30.1 Å². The molecule has 3 amide bonds. The molecule has 3 rings (SSSR count). The summed E-state index contributed by atoms with van der Waals surface area (Å²) >= 11 is 0. The van der Waals surface area contributed by atoms with Crippen LogP contribution in [-0.4, -0.2) is 28.8 Å². The second kappa shape index (κ2) is 6.12. The van der Waals surface area contributed by atoms with Crippen LogP contribution >= 0.6 is 0 Å². The SMILES string of the molecule is Cn1cc(C(=O)NNC(=O)CNC(=O)C2CC2)c2ccccc21. The van der Waals surface area contributed by atoms with Crippen molar-refractivity contribution in [1.29, 1.82) is 0 Å². The highest BCUT2D eigenvalue weighted by Gasteiger charge is 2.29. The standard InChI is InChI=1S/C16H18N4O3/c1-20-9-12(11-4-2-3-5-13(11)20)16(23)19-18-14(21)8-17-15(22)10-6-7-10/h2-5,9-10H,6-8H2,1H3,(H,17,22)(H,18,21)(H,19,23). The molecule has 2 aromatic rings. The summed E-state index contributed by atoms with van der Waals surface area (Å²) in [7, 11) is 1.85. The van der Waals surface area contributed by atoms with Crippen LogP contribution in [0.5, 0.6) is 0 Å². The molecule has 1 aliphatic rings. The Labute approximate surface area is 133 Å². The van der Waals surface area contributed by atoms with Crippen LogP contribution in [0.2, 0.25) is 0 Å². The van der Waals surface area contributed by atoms with E-state index in [1.54, 1.807) is 6.20 Å². The second-order valence-electron chi connectivity index (χ2n) is 5.67. The fourth-order valence-corrected chi connectivity index (χ4v) is 2.42. The number of nitrogens with zero attached hydrogens (tertiary/aromatic N) is 1. The Morgan fingerprint density at radius 3 is 2.65 bits per heavy atom. The predicted octanol–water partition coefficient (Wildman–Crippen LogP) is 0.466. The lowest BCUT2D eigenvalue weighted by atomic mass is 10.2. The van der Waals surface area contributed by atoms with Gasteiger partial charge in [-0.25, -0.2) is 0 Å². The van der Waals surface area contributed by atoms with Gasteiger partial charge in [-0.3, -0.25) is 25.2 Å². The smallest absolute Gasteiger partial charge is 0.271 e. The molecule has 0 saturated heterocycles. The molecule has 3 N–H and O–H groups in total. The number of benzene rings is 1. The molecule has 120 valence electrons. The van der Waals surface area contributed by atoms with Crippen LogP contribution in [0, 0.1) is 5.92 Å². The molecule has 0 aliphatic heterocycles. The molecule has 1 aliphatic carbocycles. The molecule has 0 atom stereocenters. The van der Waals surface area contributed by atoms with Crippen molar-refractivity contribution >= 4 is 28.6 Å². The Bertz CT molecular complexity index is 777. The van der Waals surface area contributed by atoms with Crippen molar-refractivity contribution in [2.45, 2.75) is 12.8 Å². The van der Waals surface area contributed by atoms with E-state index < -0.39 is 11.8 Å². The van der Waals surface area contributed by atoms with Gasteiger partial charge in [0.1, 0.15) is 0 Å². The number of fused-ring (bicyclic) bond motifs is 1. The number of para-hydroxylation sites is 1. The maximum absolute atomic E-state index is 12.2. The second-order valence-corrected chi connectivity index (χ2v) is 5.67. The topological polar surface area (TPSA) is 92.2 Å². The Hall–Kier alpha value is -2.83. The van der Waals surface area contributed by atoms with Gasteiger partial charge in [-0.2, -0.15) is 0 Å². The van der Waals surface area contributed by atoms with Crippen molar-refractivity contribution in [2.24, 2.45) is 13.0 Å². The number of carbonyl (C=O) groups excluding carboxylic acids is 3. The summed E-state index contributed by atoms with van der Waals surface area (Å²) in [5.41, 5.74) is 6.09. The van der Waals surface area contributed by atoms with E-state index >= 15 is 0 Å². The Balaban J connectivity index is 1.56. The minimum Gasteiger partial charge on any atom is -0.350 e. The molecule has 1 aromatic carbocycles. The first-order chi connectivity index (χ1) is 11.1. The highest BCUT2D eigenvalue weighted by Crippen LogP contribution is 2.28. The van der Waals surface area contributed by atoms with Gasteiger partial charge in [-0.15, -0.1) is 0 Å². The number of hydrogen-bond acceptors (Lipinski definition) is 3. The Morgan fingerprint density at radius 2 is 1.91 bits per heavy atom. The van der Waals surface area contributed by atoms with Gasteiger partial charge in [-0.05, 0) is 18.9 Å². The summed E-state index contributed by atoms with van der Waals surface area (Å²) < 4.78 is 1.85. The molecular formula is C16H18N4O3. The lowest BCUT2D eigenvalue weighted by Gasteiger charge is -2.07. The molecule has 1 aromatic heterocycles. The van der Waals surface area contributed by atoms with E-state index in [2.05, 4.69) is 16.2 Å². The first-order valence-corrected chi connectivity index (χ1v) is 7.47. The highest BCUT2D eigenvalue weighted by molar-refractivity contribution is 6.07. The molecule has 0 bridgehead atoms. The molecule has 0 unspecified atom stereocenters. The molecule has 7 heteroatoms. The monoisotopic (exact) mass is 314 g/mol. The number of amides is 3. The largest absolute Gasteiger partial charge is 0.350 e. The van der Waals surface area contributed by atoms with Crippen molar-refractivity contribution in [1.82, 2.24) is 20.7 Å². The zero-order chi connectivity index (χ0) is 16.4. The lowest BCUT2D eigenvalue weighted by Crippen LogP contribution is -2.46. The number of aryl methyl sites for hydroxylation is 1. The molecule has 23 heavy (non-hydrogen) atoms. The average molecular weight is 314 g/mol. The van der Waals surface area contributed by atoms with Crippen molar-refractivity contribution < 1.29 is 14.4 Å². The van der Waals surface area contributed by atoms with Gasteiger partial charge >= 0.3 is 0 Å². The van der Waals surface area contributed by atoms with Crippen LogP contribution in [0.25, 0.3) is 10.9 Å². The average Bonchev–Trinajstić information content (AvgIpc) is 3.35. The van der Waals surface area contributed by atoms with E-state index in [0.29, 0.717) is 5.56 Å². The Morgan fingerprint density at radius 1 is 1.17 bits per heavy atom. The predicted molar refractivity (Wildman–Crippen MR) is 84.3 cm³/mol. The Kier molecular flexibility index (Phi) is 4.01. The minimum atomic E-state index is -0.465. The summed E-state index contributed by atoms with van der Waals surface area (Å²) in [6.07, 6.45) is 3.47. The van der Waals surface area contributed by atoms with Crippen LogP contribution in [-0.2, 0) is 16.6 Å². The van der Waals surface area contributed by atoms with Crippen LogP contribution in [0.1, 0.15) is 23.2 Å². The summed E-state index contributed by atoms with van der Waals surface area (Å²) in [5, 5.41) is 3.34. The maximum Gasteiger partial charge on any atom is 0.271 e. The van der Waals surface area contributed by atoms with Gasteiger partial charge in [-0.1, -0.05) is 18.2 Å². The van der Waals surface area contributed by atoms with Crippen LogP contribution in [0.4, 0.5) is 0 Å². The van der Waals surface area contributed by atoms with E-state index in [-0.39, 0.29) is 18.4 Å². The molecule has 1 fully saturated rings. The quantitative estimate of drug-likeness (QED) is 0.716. The fourth-order valence-electron chi connectivity index (χ4n) is 2.42. The molecule has 1 saturated carbocycles.